The van der Waals surface area contributed by atoms with Crippen LogP contribution in [-0.4, -0.2) is 0 Å². The van der Waals surface area contributed by atoms with E-state index in [1.165, 1.54) is 49.7 Å². The monoisotopic (exact) mass is 655 g/mol. The van der Waals surface area contributed by atoms with Crippen LogP contribution in [0.3, 0.4) is 0 Å². The maximum absolute atomic E-state index is 6.67. The Balaban J connectivity index is 1.22. The fraction of sp³-hybridized carbons (Fsp3) is 0.102. The van der Waals surface area contributed by atoms with E-state index >= 15 is 0 Å². The van der Waals surface area contributed by atoms with E-state index < -0.39 is 0 Å². The van der Waals surface area contributed by atoms with Crippen LogP contribution >= 0.6 is 0 Å². The van der Waals surface area contributed by atoms with Gasteiger partial charge < -0.3 is 9.32 Å². The van der Waals surface area contributed by atoms with Gasteiger partial charge in [-0.1, -0.05) is 141 Å². The first kappa shape index (κ1) is 29.8. The predicted octanol–water partition coefficient (Wildman–Crippen LogP) is 13.8. The van der Waals surface area contributed by atoms with Gasteiger partial charge in [0.05, 0.1) is 5.69 Å². The van der Waals surface area contributed by atoms with Crippen molar-refractivity contribution >= 4 is 55.3 Å². The van der Waals surface area contributed by atoms with Crippen molar-refractivity contribution in [3.8, 4) is 22.3 Å². The summed E-state index contributed by atoms with van der Waals surface area (Å²) < 4.78 is 6.67. The number of hydrogen-bond donors (Lipinski definition) is 0. The van der Waals surface area contributed by atoms with Crippen LogP contribution in [0, 0.1) is 5.92 Å². The average Bonchev–Trinajstić information content (AvgIpc) is 3.67. The van der Waals surface area contributed by atoms with Gasteiger partial charge in [-0.05, 0) is 104 Å². The van der Waals surface area contributed by atoms with Crippen LogP contribution in [0.25, 0.3) is 60.5 Å². The van der Waals surface area contributed by atoms with Crippen LogP contribution in [0.1, 0.15) is 31.4 Å². The standard InChI is InChI=1S/C49H37NO/c1-49(2)43-23-13-11-21-38(43)39-27-25-35(30-44(39)49)50(45-24-14-12-19-36(45)32-15-5-3-6-16-32)34-26-28-46-42(29-34)48-40-22-10-9-20-37(40)41(31-47(48)51-46)33-17-7-4-8-18-33/h3-22,24-31,43H,23H2,1-2H3. The normalized spacial score (nSPS) is 16.0. The molecule has 0 bridgehead atoms. The lowest BCUT2D eigenvalue weighted by Gasteiger charge is -2.31. The zero-order chi connectivity index (χ0) is 34.1. The minimum atomic E-state index is 0.0205. The molecular formula is C49H37NO. The molecule has 0 amide bonds. The third-order valence-electron chi connectivity index (χ3n) is 11.3. The zero-order valence-corrected chi connectivity index (χ0v) is 28.8. The van der Waals surface area contributed by atoms with E-state index in [0.29, 0.717) is 5.92 Å². The van der Waals surface area contributed by atoms with E-state index in [1.807, 2.05) is 0 Å². The first-order valence-corrected chi connectivity index (χ1v) is 18.0. The van der Waals surface area contributed by atoms with E-state index in [9.17, 15) is 0 Å². The van der Waals surface area contributed by atoms with Crippen LogP contribution in [0.4, 0.5) is 17.1 Å². The molecule has 0 aliphatic heterocycles. The van der Waals surface area contributed by atoms with Gasteiger partial charge in [0.15, 0.2) is 0 Å². The first-order valence-electron chi connectivity index (χ1n) is 18.0. The van der Waals surface area contributed by atoms with E-state index in [-0.39, 0.29) is 5.41 Å². The molecule has 0 saturated carbocycles. The number of hydrogen-bond acceptors (Lipinski definition) is 2. The van der Waals surface area contributed by atoms with E-state index in [2.05, 4.69) is 189 Å². The SMILES string of the molecule is CC1(C)c2cc(N(c3ccc4oc5cc(-c6ccccc6)c6ccccc6c5c4c3)c3ccccc3-c3ccccc3)ccc2C2=CC=CCC21. The van der Waals surface area contributed by atoms with E-state index in [4.69, 9.17) is 4.42 Å². The third-order valence-corrected chi connectivity index (χ3v) is 11.3. The molecule has 0 radical (unpaired) electrons. The summed E-state index contributed by atoms with van der Waals surface area (Å²) in [6.45, 7) is 4.84. The number of para-hydroxylation sites is 1. The topological polar surface area (TPSA) is 16.4 Å². The number of benzene rings is 7. The van der Waals surface area contributed by atoms with Crippen molar-refractivity contribution in [3.05, 3.63) is 181 Å². The fourth-order valence-corrected chi connectivity index (χ4v) is 8.82. The molecule has 2 heteroatoms. The summed E-state index contributed by atoms with van der Waals surface area (Å²) >= 11 is 0. The van der Waals surface area contributed by atoms with Gasteiger partial charge in [-0.25, -0.2) is 0 Å². The molecule has 0 N–H and O–H groups in total. The van der Waals surface area contributed by atoms with Gasteiger partial charge in [-0.2, -0.15) is 0 Å². The van der Waals surface area contributed by atoms with Gasteiger partial charge in [0, 0.05) is 27.7 Å². The molecule has 0 saturated heterocycles. The second-order valence-electron chi connectivity index (χ2n) is 14.5. The molecule has 1 heterocycles. The molecule has 7 aromatic carbocycles. The maximum atomic E-state index is 6.67. The van der Waals surface area contributed by atoms with Crippen molar-refractivity contribution in [2.24, 2.45) is 5.92 Å². The Bertz CT molecular complexity index is 2690. The van der Waals surface area contributed by atoms with Gasteiger partial charge in [0.25, 0.3) is 0 Å². The number of rotatable bonds is 5. The van der Waals surface area contributed by atoms with Crippen LogP contribution in [0.15, 0.2) is 174 Å². The highest BCUT2D eigenvalue weighted by Crippen LogP contribution is 2.54. The molecule has 10 rings (SSSR count). The lowest BCUT2D eigenvalue weighted by Crippen LogP contribution is -2.24. The van der Waals surface area contributed by atoms with Crippen molar-refractivity contribution in [2.45, 2.75) is 25.7 Å². The number of fused-ring (bicyclic) bond motifs is 8. The minimum absolute atomic E-state index is 0.0205. The largest absolute Gasteiger partial charge is 0.456 e. The summed E-state index contributed by atoms with van der Waals surface area (Å²) in [4.78, 5) is 2.45. The van der Waals surface area contributed by atoms with E-state index in [1.54, 1.807) is 0 Å². The number of nitrogens with zero attached hydrogens (tertiary/aromatic N) is 1. The van der Waals surface area contributed by atoms with Crippen molar-refractivity contribution in [1.29, 1.82) is 0 Å². The third kappa shape index (κ3) is 4.63. The molecule has 51 heavy (non-hydrogen) atoms. The van der Waals surface area contributed by atoms with Crippen LogP contribution in [-0.2, 0) is 5.41 Å². The Morgan fingerprint density at radius 3 is 2.04 bits per heavy atom. The Labute approximate surface area is 298 Å². The molecule has 1 unspecified atom stereocenters. The van der Waals surface area contributed by atoms with Crippen molar-refractivity contribution in [3.63, 3.8) is 0 Å². The van der Waals surface area contributed by atoms with Crippen molar-refractivity contribution < 1.29 is 4.42 Å². The van der Waals surface area contributed by atoms with Crippen molar-refractivity contribution in [2.75, 3.05) is 4.90 Å². The maximum Gasteiger partial charge on any atom is 0.136 e. The van der Waals surface area contributed by atoms with Crippen LogP contribution in [0.5, 0.6) is 0 Å². The highest BCUT2D eigenvalue weighted by Gasteiger charge is 2.43. The summed E-state index contributed by atoms with van der Waals surface area (Å²) in [5.41, 5.74) is 14.2. The quantitative estimate of drug-likeness (QED) is 0.183. The summed E-state index contributed by atoms with van der Waals surface area (Å²) in [6, 6.07) is 55.0. The molecular weight excluding hydrogens is 619 g/mol. The van der Waals surface area contributed by atoms with Crippen molar-refractivity contribution in [1.82, 2.24) is 0 Å². The molecule has 0 spiro atoms. The molecule has 244 valence electrons. The zero-order valence-electron chi connectivity index (χ0n) is 28.8. The van der Waals surface area contributed by atoms with Gasteiger partial charge in [0.2, 0.25) is 0 Å². The highest BCUT2D eigenvalue weighted by atomic mass is 16.3. The lowest BCUT2D eigenvalue weighted by atomic mass is 9.75. The second kappa shape index (κ2) is 11.5. The molecule has 0 fully saturated rings. The molecule has 2 aliphatic rings. The fourth-order valence-electron chi connectivity index (χ4n) is 8.82. The van der Waals surface area contributed by atoms with Gasteiger partial charge >= 0.3 is 0 Å². The van der Waals surface area contributed by atoms with Gasteiger partial charge in [0.1, 0.15) is 11.2 Å². The summed E-state index contributed by atoms with van der Waals surface area (Å²) in [7, 11) is 0. The molecule has 2 nitrogen and oxygen atoms in total. The Morgan fingerprint density at radius 1 is 0.569 bits per heavy atom. The predicted molar refractivity (Wildman–Crippen MR) is 215 cm³/mol. The molecule has 1 atom stereocenters. The van der Waals surface area contributed by atoms with E-state index in [0.717, 1.165) is 45.4 Å². The molecule has 1 aromatic heterocycles. The Morgan fingerprint density at radius 2 is 1.24 bits per heavy atom. The summed E-state index contributed by atoms with van der Waals surface area (Å²) in [5, 5.41) is 4.69. The number of anilines is 3. The van der Waals surface area contributed by atoms with Gasteiger partial charge in [-0.15, -0.1) is 0 Å². The number of allylic oxidation sites excluding steroid dienone is 4. The first-order chi connectivity index (χ1) is 25.1. The minimum Gasteiger partial charge on any atom is -0.456 e. The number of furan rings is 1. The van der Waals surface area contributed by atoms with Crippen LogP contribution in [0.2, 0.25) is 0 Å². The lowest BCUT2D eigenvalue weighted by molar-refractivity contribution is 0.415. The Kier molecular flexibility index (Phi) is 6.69. The average molecular weight is 656 g/mol. The smallest absolute Gasteiger partial charge is 0.136 e. The van der Waals surface area contributed by atoms with Crippen LogP contribution < -0.4 is 4.90 Å². The molecule has 2 aliphatic carbocycles. The van der Waals surface area contributed by atoms with Gasteiger partial charge in [-0.3, -0.25) is 0 Å². The Hall–Kier alpha value is -6.12. The molecule has 8 aromatic rings. The second-order valence-corrected chi connectivity index (χ2v) is 14.5. The summed E-state index contributed by atoms with van der Waals surface area (Å²) in [5.74, 6) is 0.487. The summed E-state index contributed by atoms with van der Waals surface area (Å²) in [6.07, 6.45) is 7.95. The highest BCUT2D eigenvalue weighted by molar-refractivity contribution is 6.22.